The van der Waals surface area contributed by atoms with Crippen molar-refractivity contribution in [3.05, 3.63) is 64.1 Å². The lowest BCUT2D eigenvalue weighted by Gasteiger charge is -2.18. The van der Waals surface area contributed by atoms with Crippen LogP contribution in [0.25, 0.3) is 17.2 Å². The first-order chi connectivity index (χ1) is 17.6. The van der Waals surface area contributed by atoms with E-state index in [0.29, 0.717) is 37.1 Å². The highest BCUT2D eigenvalue weighted by Gasteiger charge is 2.31. The number of fused-ring (bicyclic) bond motifs is 1. The molecule has 36 heavy (non-hydrogen) atoms. The van der Waals surface area contributed by atoms with Crippen molar-refractivity contribution in [3.63, 3.8) is 0 Å². The normalized spacial score (nSPS) is 21.6. The van der Waals surface area contributed by atoms with Gasteiger partial charge in [-0.25, -0.2) is 0 Å². The van der Waals surface area contributed by atoms with Gasteiger partial charge in [0.1, 0.15) is 12.2 Å². The monoisotopic (exact) mass is 487 g/mol. The Hall–Kier alpha value is -4.08. The molecule has 186 valence electrons. The van der Waals surface area contributed by atoms with Crippen molar-refractivity contribution in [2.45, 2.75) is 37.9 Å². The number of hydrogen-bond donors (Lipinski definition) is 2. The zero-order chi connectivity index (χ0) is 25.1. The maximum Gasteiger partial charge on any atom is 0.253 e. The molecule has 2 fully saturated rings. The number of rotatable bonds is 5. The van der Waals surface area contributed by atoms with E-state index >= 15 is 0 Å². The molecule has 1 unspecified atom stereocenters. The molecule has 2 aromatic rings. The SMILES string of the molecule is NN=NC1CC(C(=O)N2CC[C@H](N=O)C2)=Cc2ccc(-c3ccc(C(=O)N4CCCC4)cc3)cc2N1. The molecule has 2 atom stereocenters. The van der Waals surface area contributed by atoms with Gasteiger partial charge in [0.05, 0.1) is 0 Å². The van der Waals surface area contributed by atoms with Crippen LogP contribution in [-0.2, 0) is 4.79 Å². The lowest BCUT2D eigenvalue weighted by Crippen LogP contribution is -2.32. The smallest absolute Gasteiger partial charge is 0.253 e. The van der Waals surface area contributed by atoms with Gasteiger partial charge in [-0.2, -0.15) is 4.91 Å². The van der Waals surface area contributed by atoms with Gasteiger partial charge in [0.2, 0.25) is 5.91 Å². The number of nitrogens with zero attached hydrogens (tertiary/aromatic N) is 5. The van der Waals surface area contributed by atoms with E-state index in [0.717, 1.165) is 48.3 Å². The van der Waals surface area contributed by atoms with Crippen molar-refractivity contribution in [3.8, 4) is 11.1 Å². The number of nitrogens with two attached hydrogens (primary N) is 1. The summed E-state index contributed by atoms with van der Waals surface area (Å²) in [7, 11) is 0. The van der Waals surface area contributed by atoms with Crippen molar-refractivity contribution < 1.29 is 9.59 Å². The summed E-state index contributed by atoms with van der Waals surface area (Å²) >= 11 is 0. The third-order valence-corrected chi connectivity index (χ3v) is 7.06. The standard InChI is InChI=1S/C26H29N7O3/c27-31-29-24-15-21(26(35)33-12-9-22(16-33)30-36)13-20-8-7-19(14-23(20)28-24)17-3-5-18(6-4-17)25(34)32-10-1-2-11-32/h3-8,13-14,22,24,28H,1-2,9-12,15-16H2,(H2,27,29)/t22-,24?/m0/s1. The number of nitrogens with one attached hydrogen (secondary N) is 1. The van der Waals surface area contributed by atoms with E-state index in [1.165, 1.54) is 0 Å². The fraction of sp³-hybridized carbons (Fsp3) is 0.385. The molecular formula is C26H29N7O3. The second-order valence-electron chi connectivity index (χ2n) is 9.44. The van der Waals surface area contributed by atoms with Gasteiger partial charge in [-0.15, -0.1) is 5.11 Å². The minimum atomic E-state index is -0.509. The van der Waals surface area contributed by atoms with Crippen molar-refractivity contribution in [2.24, 2.45) is 21.4 Å². The minimum absolute atomic E-state index is 0.0770. The third kappa shape index (κ3) is 4.84. The molecule has 0 aliphatic carbocycles. The predicted molar refractivity (Wildman–Crippen MR) is 137 cm³/mol. The molecule has 5 rings (SSSR count). The number of carbonyl (C=O) groups is 2. The van der Waals surface area contributed by atoms with E-state index in [1.807, 2.05) is 53.4 Å². The fourth-order valence-corrected chi connectivity index (χ4v) is 5.09. The van der Waals surface area contributed by atoms with Crippen LogP contribution in [0.2, 0.25) is 0 Å². The van der Waals surface area contributed by atoms with Gasteiger partial charge < -0.3 is 21.0 Å². The van der Waals surface area contributed by atoms with Gasteiger partial charge in [0, 0.05) is 49.4 Å². The molecule has 10 nitrogen and oxygen atoms in total. The Balaban J connectivity index is 1.40. The van der Waals surface area contributed by atoms with Crippen LogP contribution in [0.3, 0.4) is 0 Å². The Kier molecular flexibility index (Phi) is 6.75. The highest BCUT2D eigenvalue weighted by molar-refractivity contribution is 6.00. The third-order valence-electron chi connectivity index (χ3n) is 7.06. The Labute approximate surface area is 209 Å². The molecule has 0 aromatic heterocycles. The first kappa shape index (κ1) is 23.7. The Morgan fingerprint density at radius 3 is 2.39 bits per heavy atom. The first-order valence-electron chi connectivity index (χ1n) is 12.3. The average molecular weight is 488 g/mol. The molecule has 3 aliphatic rings. The Morgan fingerprint density at radius 1 is 0.944 bits per heavy atom. The van der Waals surface area contributed by atoms with E-state index in [4.69, 9.17) is 5.84 Å². The second kappa shape index (κ2) is 10.3. The lowest BCUT2D eigenvalue weighted by atomic mass is 10.00. The quantitative estimate of drug-likeness (QED) is 0.286. The topological polar surface area (TPSA) is 133 Å². The summed E-state index contributed by atoms with van der Waals surface area (Å²) in [5, 5.41) is 14.0. The molecule has 0 saturated carbocycles. The maximum atomic E-state index is 13.2. The first-order valence-corrected chi connectivity index (χ1v) is 12.3. The number of anilines is 1. The highest BCUT2D eigenvalue weighted by Crippen LogP contribution is 2.33. The molecule has 2 aromatic carbocycles. The van der Waals surface area contributed by atoms with Gasteiger partial charge in [-0.3, -0.25) is 9.59 Å². The number of carbonyl (C=O) groups excluding carboxylic acids is 2. The van der Waals surface area contributed by atoms with Crippen LogP contribution in [0.4, 0.5) is 5.69 Å². The van der Waals surface area contributed by atoms with Crippen LogP contribution < -0.4 is 11.2 Å². The molecule has 0 bridgehead atoms. The van der Waals surface area contributed by atoms with E-state index in [-0.39, 0.29) is 17.9 Å². The highest BCUT2D eigenvalue weighted by atomic mass is 16.3. The molecule has 2 amide bonds. The average Bonchev–Trinajstić information content (AvgIpc) is 3.58. The van der Waals surface area contributed by atoms with E-state index in [2.05, 4.69) is 20.8 Å². The number of benzene rings is 2. The van der Waals surface area contributed by atoms with Crippen LogP contribution in [0.1, 0.15) is 41.6 Å². The van der Waals surface area contributed by atoms with Gasteiger partial charge >= 0.3 is 0 Å². The summed E-state index contributed by atoms with van der Waals surface area (Å²) in [6.45, 7) is 2.48. The second-order valence-corrected chi connectivity index (χ2v) is 9.44. The van der Waals surface area contributed by atoms with Crippen LogP contribution in [0.5, 0.6) is 0 Å². The molecular weight excluding hydrogens is 458 g/mol. The number of likely N-dealkylation sites (tertiary alicyclic amines) is 2. The summed E-state index contributed by atoms with van der Waals surface area (Å²) < 4.78 is 0. The zero-order valence-corrected chi connectivity index (χ0v) is 20.0. The molecule has 0 spiro atoms. The molecule has 3 heterocycles. The van der Waals surface area contributed by atoms with Crippen molar-refractivity contribution in [1.82, 2.24) is 9.80 Å². The van der Waals surface area contributed by atoms with Crippen LogP contribution in [-0.4, -0.2) is 60.0 Å². The summed E-state index contributed by atoms with van der Waals surface area (Å²) in [4.78, 5) is 40.3. The molecule has 2 saturated heterocycles. The van der Waals surface area contributed by atoms with Crippen LogP contribution in [0.15, 0.2) is 63.6 Å². The summed E-state index contributed by atoms with van der Waals surface area (Å²) in [5.74, 6) is 5.29. The molecule has 3 aliphatic heterocycles. The van der Waals surface area contributed by atoms with Crippen molar-refractivity contribution in [1.29, 1.82) is 0 Å². The Bertz CT molecular complexity index is 1220. The van der Waals surface area contributed by atoms with Crippen molar-refractivity contribution in [2.75, 3.05) is 31.5 Å². The van der Waals surface area contributed by atoms with Gasteiger partial charge in [0.15, 0.2) is 0 Å². The van der Waals surface area contributed by atoms with Crippen molar-refractivity contribution >= 4 is 23.6 Å². The van der Waals surface area contributed by atoms with Crippen LogP contribution >= 0.6 is 0 Å². The van der Waals surface area contributed by atoms with Gasteiger partial charge in [-0.05, 0) is 60.2 Å². The zero-order valence-electron chi connectivity index (χ0n) is 20.0. The number of amides is 2. The molecule has 3 N–H and O–H groups in total. The van der Waals surface area contributed by atoms with E-state index < -0.39 is 6.17 Å². The molecule has 10 heteroatoms. The van der Waals surface area contributed by atoms with Gasteiger partial charge in [-0.1, -0.05) is 34.7 Å². The maximum absolute atomic E-state index is 13.2. The number of nitroso groups, excluding NO2 is 1. The van der Waals surface area contributed by atoms with E-state index in [9.17, 15) is 14.5 Å². The van der Waals surface area contributed by atoms with Crippen LogP contribution in [0, 0.1) is 4.91 Å². The Morgan fingerprint density at radius 2 is 1.69 bits per heavy atom. The largest absolute Gasteiger partial charge is 0.361 e. The summed E-state index contributed by atoms with van der Waals surface area (Å²) in [6.07, 6.45) is 4.37. The van der Waals surface area contributed by atoms with Gasteiger partial charge in [0.25, 0.3) is 5.91 Å². The lowest BCUT2D eigenvalue weighted by molar-refractivity contribution is -0.126. The predicted octanol–water partition coefficient (Wildman–Crippen LogP) is 3.81. The summed E-state index contributed by atoms with van der Waals surface area (Å²) in [5.41, 5.74) is 4.86. The molecule has 0 radical (unpaired) electrons. The summed E-state index contributed by atoms with van der Waals surface area (Å²) in [6, 6.07) is 13.2. The minimum Gasteiger partial charge on any atom is -0.361 e. The van der Waals surface area contributed by atoms with E-state index in [1.54, 1.807) is 4.90 Å². The fourth-order valence-electron chi connectivity index (χ4n) is 5.09. The number of hydrogen-bond acceptors (Lipinski definition) is 7.